The highest BCUT2D eigenvalue weighted by Crippen LogP contribution is 2.25. The minimum Gasteiger partial charge on any atom is -0.495 e. The fraction of sp³-hybridized carbons (Fsp3) is 0.308. The van der Waals surface area contributed by atoms with Crippen molar-refractivity contribution >= 4 is 5.69 Å². The number of aryl methyl sites for hydroxylation is 2. The second-order valence-electron chi connectivity index (χ2n) is 4.05. The smallest absolute Gasteiger partial charge is 0.141 e. The third kappa shape index (κ3) is 2.58. The first kappa shape index (κ1) is 11.5. The Labute approximate surface area is 101 Å². The Bertz CT molecular complexity index is 505. The molecular formula is C13H17N3O. The number of nitrogens with one attached hydrogen (secondary N) is 1. The van der Waals surface area contributed by atoms with Gasteiger partial charge >= 0.3 is 0 Å². The molecule has 0 atom stereocenters. The molecule has 1 heterocycles. The van der Waals surface area contributed by atoms with Gasteiger partial charge in [0.1, 0.15) is 5.75 Å². The van der Waals surface area contributed by atoms with Crippen LogP contribution >= 0.6 is 0 Å². The third-order valence-corrected chi connectivity index (χ3v) is 2.73. The summed E-state index contributed by atoms with van der Waals surface area (Å²) in [5.74, 6) is 0.859. The molecule has 0 saturated heterocycles. The van der Waals surface area contributed by atoms with Crippen LogP contribution in [-0.4, -0.2) is 16.7 Å². The van der Waals surface area contributed by atoms with Crippen molar-refractivity contribution in [1.82, 2.24) is 9.55 Å². The Morgan fingerprint density at radius 1 is 1.41 bits per heavy atom. The SMILES string of the molecule is COc1ccc(C)cc1NCc1cncn1C. The zero-order chi connectivity index (χ0) is 12.3. The van der Waals surface area contributed by atoms with Crippen molar-refractivity contribution < 1.29 is 4.74 Å². The number of aromatic nitrogens is 2. The first-order chi connectivity index (χ1) is 8.20. The Balaban J connectivity index is 2.13. The summed E-state index contributed by atoms with van der Waals surface area (Å²) in [6, 6.07) is 6.09. The number of ether oxygens (including phenoxy) is 1. The maximum absolute atomic E-state index is 5.32. The van der Waals surface area contributed by atoms with Gasteiger partial charge in [0, 0.05) is 13.2 Å². The average molecular weight is 231 g/mol. The fourth-order valence-electron chi connectivity index (χ4n) is 1.70. The Morgan fingerprint density at radius 2 is 2.24 bits per heavy atom. The Hall–Kier alpha value is -1.97. The average Bonchev–Trinajstić information content (AvgIpc) is 2.72. The highest BCUT2D eigenvalue weighted by molar-refractivity contribution is 5.58. The molecule has 0 aliphatic carbocycles. The summed E-state index contributed by atoms with van der Waals surface area (Å²) < 4.78 is 7.31. The first-order valence-electron chi connectivity index (χ1n) is 5.54. The molecule has 0 saturated carbocycles. The number of imidazole rings is 1. The van der Waals surface area contributed by atoms with Crippen molar-refractivity contribution in [2.24, 2.45) is 7.05 Å². The van der Waals surface area contributed by atoms with Gasteiger partial charge in [0.25, 0.3) is 0 Å². The van der Waals surface area contributed by atoms with E-state index in [1.807, 2.05) is 29.9 Å². The van der Waals surface area contributed by atoms with Crippen LogP contribution in [0.2, 0.25) is 0 Å². The van der Waals surface area contributed by atoms with Crippen LogP contribution in [0.1, 0.15) is 11.3 Å². The number of nitrogens with zero attached hydrogens (tertiary/aromatic N) is 2. The summed E-state index contributed by atoms with van der Waals surface area (Å²) in [4.78, 5) is 4.09. The monoisotopic (exact) mass is 231 g/mol. The van der Waals surface area contributed by atoms with Gasteiger partial charge in [-0.3, -0.25) is 0 Å². The number of methoxy groups -OCH3 is 1. The molecule has 0 aliphatic heterocycles. The molecule has 0 unspecified atom stereocenters. The van der Waals surface area contributed by atoms with Crippen LogP contribution in [0.4, 0.5) is 5.69 Å². The number of anilines is 1. The summed E-state index contributed by atoms with van der Waals surface area (Å²) in [6.45, 7) is 2.80. The van der Waals surface area contributed by atoms with Crippen LogP contribution in [0, 0.1) is 6.92 Å². The molecule has 1 N–H and O–H groups in total. The molecule has 2 aromatic rings. The van der Waals surface area contributed by atoms with Gasteiger partial charge in [0.15, 0.2) is 0 Å². The number of hydrogen-bond acceptors (Lipinski definition) is 3. The molecule has 0 amide bonds. The zero-order valence-electron chi connectivity index (χ0n) is 10.4. The summed E-state index contributed by atoms with van der Waals surface area (Å²) in [6.07, 6.45) is 3.65. The van der Waals surface area contributed by atoms with Crippen LogP contribution < -0.4 is 10.1 Å². The van der Waals surface area contributed by atoms with E-state index in [1.165, 1.54) is 5.56 Å². The molecule has 4 nitrogen and oxygen atoms in total. The normalized spacial score (nSPS) is 10.3. The van der Waals surface area contributed by atoms with Crippen molar-refractivity contribution in [1.29, 1.82) is 0 Å². The van der Waals surface area contributed by atoms with Gasteiger partial charge in [-0.15, -0.1) is 0 Å². The first-order valence-corrected chi connectivity index (χ1v) is 5.54. The van der Waals surface area contributed by atoms with Gasteiger partial charge in [-0.25, -0.2) is 4.98 Å². The largest absolute Gasteiger partial charge is 0.495 e. The van der Waals surface area contributed by atoms with Gasteiger partial charge in [-0.05, 0) is 24.6 Å². The molecule has 90 valence electrons. The zero-order valence-corrected chi connectivity index (χ0v) is 10.4. The molecule has 17 heavy (non-hydrogen) atoms. The molecule has 0 spiro atoms. The van der Waals surface area contributed by atoms with Crippen molar-refractivity contribution in [3.05, 3.63) is 42.0 Å². The predicted octanol–water partition coefficient (Wildman–Crippen LogP) is 2.35. The molecule has 0 fully saturated rings. The Kier molecular flexibility index (Phi) is 3.32. The van der Waals surface area contributed by atoms with E-state index in [2.05, 4.69) is 23.3 Å². The highest BCUT2D eigenvalue weighted by atomic mass is 16.5. The topological polar surface area (TPSA) is 39.1 Å². The number of rotatable bonds is 4. The Morgan fingerprint density at radius 3 is 2.88 bits per heavy atom. The van der Waals surface area contributed by atoms with Crippen LogP contribution in [0.25, 0.3) is 0 Å². The van der Waals surface area contributed by atoms with Gasteiger partial charge in [0.05, 0.1) is 31.4 Å². The van der Waals surface area contributed by atoms with E-state index in [1.54, 1.807) is 13.4 Å². The van der Waals surface area contributed by atoms with Crippen LogP contribution in [-0.2, 0) is 13.6 Å². The van der Waals surface area contributed by atoms with E-state index in [9.17, 15) is 0 Å². The lowest BCUT2D eigenvalue weighted by atomic mass is 10.2. The van der Waals surface area contributed by atoms with Crippen molar-refractivity contribution in [3.8, 4) is 5.75 Å². The summed E-state index contributed by atoms with van der Waals surface area (Å²) in [7, 11) is 3.66. The number of benzene rings is 1. The van der Waals surface area contributed by atoms with E-state index < -0.39 is 0 Å². The van der Waals surface area contributed by atoms with Gasteiger partial charge in [0.2, 0.25) is 0 Å². The van der Waals surface area contributed by atoms with Gasteiger partial charge < -0.3 is 14.6 Å². The lowest BCUT2D eigenvalue weighted by molar-refractivity contribution is 0.416. The minimum absolute atomic E-state index is 0.732. The standard InChI is InChI=1S/C13H17N3O/c1-10-4-5-13(17-3)12(6-10)15-8-11-7-14-9-16(11)2/h4-7,9,15H,8H2,1-3H3. The molecule has 1 aromatic heterocycles. The van der Waals surface area contributed by atoms with Crippen LogP contribution in [0.5, 0.6) is 5.75 Å². The van der Waals surface area contributed by atoms with Crippen LogP contribution in [0.15, 0.2) is 30.7 Å². The second kappa shape index (κ2) is 4.91. The van der Waals surface area contributed by atoms with E-state index in [0.717, 1.165) is 23.7 Å². The molecule has 0 aliphatic rings. The summed E-state index contributed by atoms with van der Waals surface area (Å²) in [5, 5.41) is 3.36. The predicted molar refractivity (Wildman–Crippen MR) is 68.3 cm³/mol. The van der Waals surface area contributed by atoms with Crippen molar-refractivity contribution in [2.45, 2.75) is 13.5 Å². The molecule has 1 aromatic carbocycles. The molecular weight excluding hydrogens is 214 g/mol. The van der Waals surface area contributed by atoms with Crippen molar-refractivity contribution in [2.75, 3.05) is 12.4 Å². The molecule has 0 radical (unpaired) electrons. The maximum Gasteiger partial charge on any atom is 0.141 e. The summed E-state index contributed by atoms with van der Waals surface area (Å²) >= 11 is 0. The lowest BCUT2D eigenvalue weighted by Gasteiger charge is -2.12. The highest BCUT2D eigenvalue weighted by Gasteiger charge is 2.04. The van der Waals surface area contributed by atoms with E-state index in [0.29, 0.717) is 0 Å². The van der Waals surface area contributed by atoms with E-state index >= 15 is 0 Å². The van der Waals surface area contributed by atoms with E-state index in [-0.39, 0.29) is 0 Å². The van der Waals surface area contributed by atoms with Crippen LogP contribution in [0.3, 0.4) is 0 Å². The van der Waals surface area contributed by atoms with Gasteiger partial charge in [-0.1, -0.05) is 6.07 Å². The summed E-state index contributed by atoms with van der Waals surface area (Å²) in [5.41, 5.74) is 3.35. The fourth-order valence-corrected chi connectivity index (χ4v) is 1.70. The third-order valence-electron chi connectivity index (χ3n) is 2.73. The molecule has 2 rings (SSSR count). The van der Waals surface area contributed by atoms with Crippen molar-refractivity contribution in [3.63, 3.8) is 0 Å². The lowest BCUT2D eigenvalue weighted by Crippen LogP contribution is -2.05. The second-order valence-corrected chi connectivity index (χ2v) is 4.05. The maximum atomic E-state index is 5.32. The minimum atomic E-state index is 0.732. The quantitative estimate of drug-likeness (QED) is 0.878. The van der Waals surface area contributed by atoms with E-state index in [4.69, 9.17) is 4.74 Å². The molecule has 4 heteroatoms. The molecule has 0 bridgehead atoms. The van der Waals surface area contributed by atoms with Gasteiger partial charge in [-0.2, -0.15) is 0 Å². The number of hydrogen-bond donors (Lipinski definition) is 1.